The number of aryl methyl sites for hydroxylation is 2. The van der Waals surface area contributed by atoms with Crippen molar-refractivity contribution in [3.63, 3.8) is 0 Å². The van der Waals surface area contributed by atoms with Crippen molar-refractivity contribution in [2.45, 2.75) is 26.1 Å². The van der Waals surface area contributed by atoms with Crippen LogP contribution in [0.4, 0.5) is 13.2 Å². The summed E-state index contributed by atoms with van der Waals surface area (Å²) < 4.78 is 37.8. The van der Waals surface area contributed by atoms with Crippen LogP contribution in [-0.4, -0.2) is 10.1 Å². The van der Waals surface area contributed by atoms with Gasteiger partial charge in [-0.2, -0.15) is 13.2 Å². The molecule has 0 amide bonds. The number of halogens is 3. The molecule has 0 spiro atoms. The third kappa shape index (κ3) is 2.99. The zero-order valence-corrected chi connectivity index (χ0v) is 11.1. The maximum absolute atomic E-state index is 12.6. The van der Waals surface area contributed by atoms with Gasteiger partial charge >= 0.3 is 6.18 Å². The molecule has 1 aromatic heterocycles. The molecular weight excluding hydrogens is 267 g/mol. The fourth-order valence-electron chi connectivity index (χ4n) is 1.96. The molecule has 0 fully saturated rings. The van der Waals surface area contributed by atoms with Crippen molar-refractivity contribution in [3.05, 3.63) is 64.5 Å². The number of benzene rings is 1. The van der Waals surface area contributed by atoms with Crippen molar-refractivity contribution in [2.24, 2.45) is 0 Å². The average molecular weight is 281 g/mol. The van der Waals surface area contributed by atoms with Crippen molar-refractivity contribution in [2.75, 3.05) is 0 Å². The van der Waals surface area contributed by atoms with E-state index in [0.717, 1.165) is 17.7 Å². The summed E-state index contributed by atoms with van der Waals surface area (Å²) in [5, 5.41) is 10.2. The van der Waals surface area contributed by atoms with Crippen LogP contribution < -0.4 is 0 Å². The average Bonchev–Trinajstić information content (AvgIpc) is 2.37. The highest BCUT2D eigenvalue weighted by Gasteiger charge is 2.31. The Kier molecular flexibility index (Phi) is 3.81. The van der Waals surface area contributed by atoms with Gasteiger partial charge in [-0.15, -0.1) is 0 Å². The van der Waals surface area contributed by atoms with Gasteiger partial charge in [-0.05, 0) is 48.7 Å². The quantitative estimate of drug-likeness (QED) is 0.908. The molecule has 1 aromatic carbocycles. The molecular formula is C15H14F3NO. The number of alkyl halides is 3. The Morgan fingerprint density at radius 1 is 1.10 bits per heavy atom. The molecule has 106 valence electrons. The van der Waals surface area contributed by atoms with Crippen molar-refractivity contribution in [1.29, 1.82) is 0 Å². The monoisotopic (exact) mass is 281 g/mol. The van der Waals surface area contributed by atoms with Crippen LogP contribution >= 0.6 is 0 Å². The minimum Gasteiger partial charge on any atom is -0.382 e. The summed E-state index contributed by atoms with van der Waals surface area (Å²) in [7, 11) is 0. The summed E-state index contributed by atoms with van der Waals surface area (Å²) in [5.74, 6) is 0. The zero-order valence-electron chi connectivity index (χ0n) is 11.1. The van der Waals surface area contributed by atoms with E-state index < -0.39 is 17.8 Å². The molecule has 2 rings (SSSR count). The highest BCUT2D eigenvalue weighted by molar-refractivity contribution is 5.37. The van der Waals surface area contributed by atoms with Gasteiger partial charge in [0.1, 0.15) is 6.10 Å². The Morgan fingerprint density at radius 3 is 2.30 bits per heavy atom. The second-order valence-electron chi connectivity index (χ2n) is 4.73. The van der Waals surface area contributed by atoms with E-state index >= 15 is 0 Å². The van der Waals surface area contributed by atoms with Gasteiger partial charge in [-0.1, -0.05) is 12.1 Å². The van der Waals surface area contributed by atoms with E-state index in [9.17, 15) is 18.3 Å². The topological polar surface area (TPSA) is 33.1 Å². The number of hydrogen-bond acceptors (Lipinski definition) is 2. The van der Waals surface area contributed by atoms with Crippen molar-refractivity contribution < 1.29 is 18.3 Å². The molecule has 0 radical (unpaired) electrons. The molecule has 0 aliphatic heterocycles. The lowest BCUT2D eigenvalue weighted by molar-refractivity contribution is -0.137. The first-order valence-electron chi connectivity index (χ1n) is 6.07. The first-order chi connectivity index (χ1) is 9.29. The van der Waals surface area contributed by atoms with Gasteiger partial charge in [0, 0.05) is 6.20 Å². The lowest BCUT2D eigenvalue weighted by Gasteiger charge is -2.15. The zero-order chi connectivity index (χ0) is 14.9. The van der Waals surface area contributed by atoms with Crippen molar-refractivity contribution in [3.8, 4) is 0 Å². The molecule has 1 atom stereocenters. The fraction of sp³-hybridized carbons (Fsp3) is 0.267. The Morgan fingerprint density at radius 2 is 1.80 bits per heavy atom. The Hall–Kier alpha value is -1.88. The number of hydrogen-bond donors (Lipinski definition) is 1. The molecule has 0 aliphatic carbocycles. The van der Waals surface area contributed by atoms with E-state index in [1.807, 2.05) is 6.92 Å². The van der Waals surface area contributed by atoms with E-state index in [2.05, 4.69) is 4.98 Å². The van der Waals surface area contributed by atoms with Gasteiger partial charge < -0.3 is 5.11 Å². The molecule has 0 saturated carbocycles. The number of aliphatic hydroxyl groups is 1. The Balaban J connectivity index is 2.36. The van der Waals surface area contributed by atoms with Gasteiger partial charge in [-0.3, -0.25) is 4.98 Å². The van der Waals surface area contributed by atoms with Crippen molar-refractivity contribution in [1.82, 2.24) is 4.98 Å². The van der Waals surface area contributed by atoms with E-state index in [1.165, 1.54) is 6.07 Å². The van der Waals surface area contributed by atoms with Crippen LogP contribution in [0.25, 0.3) is 0 Å². The Bertz CT molecular complexity index is 606. The third-order valence-corrected chi connectivity index (χ3v) is 3.11. The van der Waals surface area contributed by atoms with Crippen LogP contribution in [0, 0.1) is 13.8 Å². The standard InChI is InChI=1S/C15H14F3NO/c1-9-3-6-13(19-8-9)14(20)12-5-4-11(7-10(12)2)15(16,17)18/h3-8,14,20H,1-2H3. The van der Waals surface area contributed by atoms with Crippen LogP contribution in [0.1, 0.15) is 34.1 Å². The van der Waals surface area contributed by atoms with E-state index in [-0.39, 0.29) is 0 Å². The third-order valence-electron chi connectivity index (χ3n) is 3.11. The van der Waals surface area contributed by atoms with Crippen LogP contribution in [0.3, 0.4) is 0 Å². The van der Waals surface area contributed by atoms with Gasteiger partial charge in [-0.25, -0.2) is 0 Å². The largest absolute Gasteiger partial charge is 0.416 e. The maximum Gasteiger partial charge on any atom is 0.416 e. The smallest absolute Gasteiger partial charge is 0.382 e. The summed E-state index contributed by atoms with van der Waals surface area (Å²) in [6, 6.07) is 6.76. The molecule has 2 nitrogen and oxygen atoms in total. The van der Waals surface area contributed by atoms with Gasteiger partial charge in [0.2, 0.25) is 0 Å². The number of pyridine rings is 1. The first kappa shape index (κ1) is 14.5. The minimum absolute atomic E-state index is 0.384. The summed E-state index contributed by atoms with van der Waals surface area (Å²) in [6.45, 7) is 3.41. The van der Waals surface area contributed by atoms with Crippen LogP contribution in [0.15, 0.2) is 36.5 Å². The van der Waals surface area contributed by atoms with Crippen LogP contribution in [0.2, 0.25) is 0 Å². The lowest BCUT2D eigenvalue weighted by atomic mass is 9.98. The second-order valence-corrected chi connectivity index (χ2v) is 4.73. The number of aromatic nitrogens is 1. The van der Waals surface area contributed by atoms with Crippen molar-refractivity contribution >= 4 is 0 Å². The van der Waals surface area contributed by atoms with Crippen LogP contribution in [0.5, 0.6) is 0 Å². The minimum atomic E-state index is -4.38. The summed E-state index contributed by atoms with van der Waals surface area (Å²) in [5.41, 5.74) is 1.45. The molecule has 1 heterocycles. The molecule has 2 aromatic rings. The van der Waals surface area contributed by atoms with E-state index in [1.54, 1.807) is 25.3 Å². The van der Waals surface area contributed by atoms with Gasteiger partial charge in [0.05, 0.1) is 11.3 Å². The maximum atomic E-state index is 12.6. The predicted molar refractivity (Wildman–Crippen MR) is 69.2 cm³/mol. The fourth-order valence-corrected chi connectivity index (χ4v) is 1.96. The lowest BCUT2D eigenvalue weighted by Crippen LogP contribution is -2.09. The number of nitrogens with zero attached hydrogens (tertiary/aromatic N) is 1. The van der Waals surface area contributed by atoms with E-state index in [4.69, 9.17) is 0 Å². The Labute approximate surface area is 114 Å². The molecule has 20 heavy (non-hydrogen) atoms. The van der Waals surface area contributed by atoms with E-state index in [0.29, 0.717) is 16.8 Å². The van der Waals surface area contributed by atoms with Crippen LogP contribution in [-0.2, 0) is 6.18 Å². The van der Waals surface area contributed by atoms with Gasteiger partial charge in [0.15, 0.2) is 0 Å². The summed E-state index contributed by atoms with van der Waals surface area (Å²) >= 11 is 0. The number of rotatable bonds is 2. The highest BCUT2D eigenvalue weighted by Crippen LogP contribution is 2.32. The predicted octanol–water partition coefficient (Wildman–Crippen LogP) is 3.80. The molecule has 0 bridgehead atoms. The molecule has 0 aliphatic rings. The normalized spacial score (nSPS) is 13.3. The highest BCUT2D eigenvalue weighted by atomic mass is 19.4. The first-order valence-corrected chi connectivity index (χ1v) is 6.07. The molecule has 1 unspecified atom stereocenters. The van der Waals surface area contributed by atoms with Gasteiger partial charge in [0.25, 0.3) is 0 Å². The summed E-state index contributed by atoms with van der Waals surface area (Å²) in [4.78, 5) is 4.09. The number of aliphatic hydroxyl groups excluding tert-OH is 1. The molecule has 5 heteroatoms. The SMILES string of the molecule is Cc1ccc(C(O)c2ccc(C(F)(F)F)cc2C)nc1. The molecule has 1 N–H and O–H groups in total. The second kappa shape index (κ2) is 5.25. The summed E-state index contributed by atoms with van der Waals surface area (Å²) in [6.07, 6.45) is -3.80. The molecule has 0 saturated heterocycles.